The predicted molar refractivity (Wildman–Crippen MR) is 88.8 cm³/mol. The summed E-state index contributed by atoms with van der Waals surface area (Å²) in [4.78, 5) is 4.77. The predicted octanol–water partition coefficient (Wildman–Crippen LogP) is 0.721. The SMILES string of the molecule is C1=N[n+]2ccc(-c3ccccc3)nc2SC1c1ccccc1.[Br-]. The number of fused-ring (bicyclic) bond motifs is 1. The zero-order valence-electron chi connectivity index (χ0n) is 12.2. The number of hydrogen-bond donors (Lipinski definition) is 0. The van der Waals surface area contributed by atoms with Crippen molar-refractivity contribution in [2.24, 2.45) is 5.10 Å². The van der Waals surface area contributed by atoms with Crippen molar-refractivity contribution in [2.75, 3.05) is 0 Å². The van der Waals surface area contributed by atoms with Gasteiger partial charge in [-0.15, -0.1) is 0 Å². The maximum atomic E-state index is 4.77. The highest BCUT2D eigenvalue weighted by Crippen LogP contribution is 2.33. The molecule has 1 atom stereocenters. The van der Waals surface area contributed by atoms with Gasteiger partial charge in [0, 0.05) is 11.6 Å². The molecular weight excluding hydrogens is 370 g/mol. The van der Waals surface area contributed by atoms with Gasteiger partial charge in [-0.1, -0.05) is 70.4 Å². The van der Waals surface area contributed by atoms with E-state index in [1.807, 2.05) is 47.4 Å². The van der Waals surface area contributed by atoms with E-state index in [1.165, 1.54) is 5.56 Å². The number of halogens is 1. The Hall–Kier alpha value is -1.98. The van der Waals surface area contributed by atoms with Crippen molar-refractivity contribution in [3.63, 3.8) is 0 Å². The summed E-state index contributed by atoms with van der Waals surface area (Å²) in [6.07, 6.45) is 3.94. The van der Waals surface area contributed by atoms with Crippen LogP contribution in [-0.2, 0) is 0 Å². The Bertz CT molecular complexity index is 822. The van der Waals surface area contributed by atoms with Crippen molar-refractivity contribution in [2.45, 2.75) is 10.4 Å². The van der Waals surface area contributed by atoms with E-state index in [0.29, 0.717) is 0 Å². The molecule has 3 aromatic rings. The maximum absolute atomic E-state index is 4.77. The van der Waals surface area contributed by atoms with Gasteiger partial charge in [-0.2, -0.15) is 0 Å². The van der Waals surface area contributed by atoms with Crippen LogP contribution in [-0.4, -0.2) is 11.2 Å². The van der Waals surface area contributed by atoms with E-state index in [0.717, 1.165) is 16.4 Å². The molecule has 0 amide bonds. The van der Waals surface area contributed by atoms with Crippen LogP contribution in [0.15, 0.2) is 83.2 Å². The summed E-state index contributed by atoms with van der Waals surface area (Å²) in [5.41, 5.74) is 3.34. The zero-order valence-corrected chi connectivity index (χ0v) is 14.6. The summed E-state index contributed by atoms with van der Waals surface area (Å²) in [5.74, 6) is 0. The number of aromatic nitrogens is 2. The minimum atomic E-state index is 0. The molecule has 0 fully saturated rings. The monoisotopic (exact) mass is 383 g/mol. The van der Waals surface area contributed by atoms with Gasteiger partial charge in [-0.05, 0) is 22.3 Å². The van der Waals surface area contributed by atoms with Gasteiger partial charge < -0.3 is 17.0 Å². The molecule has 2 heterocycles. The van der Waals surface area contributed by atoms with Crippen molar-refractivity contribution >= 4 is 18.0 Å². The van der Waals surface area contributed by atoms with E-state index in [9.17, 15) is 0 Å². The molecule has 1 aliphatic rings. The Morgan fingerprint density at radius 3 is 2.30 bits per heavy atom. The average Bonchev–Trinajstić information content (AvgIpc) is 2.62. The molecule has 4 rings (SSSR count). The largest absolute Gasteiger partial charge is 1.00 e. The van der Waals surface area contributed by atoms with Gasteiger partial charge in [0.25, 0.3) is 0 Å². The Morgan fingerprint density at radius 1 is 0.870 bits per heavy atom. The summed E-state index contributed by atoms with van der Waals surface area (Å²) < 4.78 is 1.83. The van der Waals surface area contributed by atoms with Crippen LogP contribution < -0.4 is 21.7 Å². The highest BCUT2D eigenvalue weighted by Gasteiger charge is 2.26. The lowest BCUT2D eigenvalue weighted by atomic mass is 10.1. The van der Waals surface area contributed by atoms with Gasteiger partial charge in [0.2, 0.25) is 0 Å². The van der Waals surface area contributed by atoms with E-state index in [1.54, 1.807) is 11.8 Å². The fraction of sp³-hybridized carbons (Fsp3) is 0.0556. The summed E-state index contributed by atoms with van der Waals surface area (Å²) in [5, 5.41) is 5.62. The molecule has 1 unspecified atom stereocenters. The first kappa shape index (κ1) is 15.9. The quantitative estimate of drug-likeness (QED) is 0.482. The third-order valence-electron chi connectivity index (χ3n) is 3.54. The lowest BCUT2D eigenvalue weighted by Gasteiger charge is -2.13. The van der Waals surface area contributed by atoms with Crippen molar-refractivity contribution in [1.82, 2.24) is 4.98 Å². The summed E-state index contributed by atoms with van der Waals surface area (Å²) in [7, 11) is 0. The molecule has 1 aliphatic heterocycles. The topological polar surface area (TPSA) is 29.1 Å². The highest BCUT2D eigenvalue weighted by atomic mass is 79.9. The molecule has 0 saturated heterocycles. The van der Waals surface area contributed by atoms with Crippen LogP contribution >= 0.6 is 11.8 Å². The van der Waals surface area contributed by atoms with Gasteiger partial charge in [-0.25, -0.2) is 0 Å². The molecule has 5 heteroatoms. The fourth-order valence-corrected chi connectivity index (χ4v) is 3.41. The second-order valence-corrected chi connectivity index (χ2v) is 6.13. The minimum absolute atomic E-state index is 0. The van der Waals surface area contributed by atoms with Gasteiger partial charge >= 0.3 is 5.16 Å². The lowest BCUT2D eigenvalue weighted by molar-refractivity contribution is -0.720. The number of benzene rings is 2. The van der Waals surface area contributed by atoms with Crippen molar-refractivity contribution in [3.05, 3.63) is 78.5 Å². The van der Waals surface area contributed by atoms with E-state index in [4.69, 9.17) is 4.98 Å². The number of thioether (sulfide) groups is 1. The second-order valence-electron chi connectivity index (χ2n) is 5.02. The van der Waals surface area contributed by atoms with Crippen molar-refractivity contribution < 1.29 is 21.7 Å². The first-order chi connectivity index (χ1) is 10.9. The summed E-state index contributed by atoms with van der Waals surface area (Å²) in [6, 6.07) is 22.6. The third kappa shape index (κ3) is 3.35. The van der Waals surface area contributed by atoms with Gasteiger partial charge in [0.1, 0.15) is 6.20 Å². The third-order valence-corrected chi connectivity index (χ3v) is 4.68. The molecule has 114 valence electrons. The Balaban J connectivity index is 0.00000156. The summed E-state index contributed by atoms with van der Waals surface area (Å²) >= 11 is 1.72. The number of nitrogens with zero attached hydrogens (tertiary/aromatic N) is 3. The molecule has 0 aliphatic carbocycles. The van der Waals surface area contributed by atoms with E-state index in [-0.39, 0.29) is 22.2 Å². The van der Waals surface area contributed by atoms with Gasteiger partial charge in [-0.3, -0.25) is 0 Å². The number of hydrogen-bond acceptors (Lipinski definition) is 3. The Labute approximate surface area is 149 Å². The van der Waals surface area contributed by atoms with E-state index in [2.05, 4.69) is 41.5 Å². The van der Waals surface area contributed by atoms with Crippen LogP contribution in [0, 0.1) is 0 Å². The lowest BCUT2D eigenvalue weighted by Crippen LogP contribution is -3.00. The Morgan fingerprint density at radius 2 is 1.57 bits per heavy atom. The molecule has 0 saturated carbocycles. The van der Waals surface area contributed by atoms with Crippen LogP contribution in [0.2, 0.25) is 0 Å². The zero-order chi connectivity index (χ0) is 14.8. The summed E-state index contributed by atoms with van der Waals surface area (Å²) in [6.45, 7) is 0. The van der Waals surface area contributed by atoms with Crippen molar-refractivity contribution in [1.29, 1.82) is 0 Å². The van der Waals surface area contributed by atoms with Crippen LogP contribution in [0.4, 0.5) is 0 Å². The number of rotatable bonds is 2. The first-order valence-electron chi connectivity index (χ1n) is 7.14. The smallest absolute Gasteiger partial charge is 0.386 e. The second kappa shape index (κ2) is 7.06. The van der Waals surface area contributed by atoms with Gasteiger partial charge in [0.05, 0.1) is 11.5 Å². The molecule has 23 heavy (non-hydrogen) atoms. The molecule has 1 aromatic heterocycles. The Kier molecular flexibility index (Phi) is 4.88. The molecule has 0 spiro atoms. The van der Waals surface area contributed by atoms with Crippen LogP contribution in [0.5, 0.6) is 0 Å². The molecular formula is C18H14BrN3S. The fourth-order valence-electron chi connectivity index (χ4n) is 2.41. The van der Waals surface area contributed by atoms with E-state index < -0.39 is 0 Å². The first-order valence-corrected chi connectivity index (χ1v) is 8.02. The molecule has 0 bridgehead atoms. The maximum Gasteiger partial charge on any atom is 0.386 e. The van der Waals surface area contributed by atoms with Crippen LogP contribution in [0.25, 0.3) is 11.3 Å². The molecule has 0 radical (unpaired) electrons. The van der Waals surface area contributed by atoms with Gasteiger partial charge in [0.15, 0.2) is 5.69 Å². The minimum Gasteiger partial charge on any atom is -1.00 e. The standard InChI is InChI=1S/C18H14N3S.BrH/c1-3-7-14(8-4-1)16-11-12-21-18(20-16)22-17(13-19-21)15-9-5-2-6-10-15;/h1-13,17H;1H/q+1;/p-1. The average molecular weight is 384 g/mol. The van der Waals surface area contributed by atoms with Crippen LogP contribution in [0.3, 0.4) is 0 Å². The molecule has 2 aromatic carbocycles. The normalized spacial score (nSPS) is 15.6. The van der Waals surface area contributed by atoms with Crippen molar-refractivity contribution in [3.8, 4) is 11.3 Å². The van der Waals surface area contributed by atoms with E-state index >= 15 is 0 Å². The molecule has 3 nitrogen and oxygen atoms in total. The molecule has 0 N–H and O–H groups in total. The van der Waals surface area contributed by atoms with Crippen LogP contribution in [0.1, 0.15) is 10.8 Å². The highest BCUT2D eigenvalue weighted by molar-refractivity contribution is 7.99.